The van der Waals surface area contributed by atoms with Gasteiger partial charge in [0, 0.05) is 27.3 Å². The Kier molecular flexibility index (Phi) is 8.06. The number of amidine groups is 1. The summed E-state index contributed by atoms with van der Waals surface area (Å²) in [6.45, 7) is 1.20. The van der Waals surface area contributed by atoms with Gasteiger partial charge in [-0.3, -0.25) is 4.79 Å². The number of fused-ring (bicyclic) bond motifs is 1. The molecule has 3 atom stereocenters. The summed E-state index contributed by atoms with van der Waals surface area (Å²) in [6, 6.07) is 14.9. The number of rotatable bonds is 6. The standard InChI is InChI=1S/C28H28BrFN2O3S/c29-22-11-12-25(30)24(14-22)28-18-35-23(16-34-15-19-7-3-1-4-8-19)13-21(28)17-36-27(32-28)31-26(33)20-9-5-2-6-10-20/h1-5,7-9,11-12,14,21,23H,6,10,13,15-18H2,(H,31,32,33). The second-order valence-electron chi connectivity index (χ2n) is 9.26. The molecule has 3 aliphatic rings. The van der Waals surface area contributed by atoms with E-state index < -0.39 is 5.54 Å². The smallest absolute Gasteiger partial charge is 0.253 e. The van der Waals surface area contributed by atoms with E-state index in [9.17, 15) is 4.79 Å². The largest absolute Gasteiger partial charge is 0.374 e. The van der Waals surface area contributed by atoms with Gasteiger partial charge in [-0.05, 0) is 43.0 Å². The molecule has 2 aliphatic heterocycles. The summed E-state index contributed by atoms with van der Waals surface area (Å²) in [5.74, 6) is 0.246. The van der Waals surface area contributed by atoms with E-state index in [1.807, 2.05) is 48.6 Å². The van der Waals surface area contributed by atoms with Gasteiger partial charge in [0.25, 0.3) is 5.91 Å². The lowest BCUT2D eigenvalue weighted by Gasteiger charge is -2.46. The Morgan fingerprint density at radius 1 is 1.28 bits per heavy atom. The fraction of sp³-hybridized carbons (Fsp3) is 0.357. The molecule has 1 aliphatic carbocycles. The number of thioether (sulfide) groups is 1. The van der Waals surface area contributed by atoms with Gasteiger partial charge in [0.05, 0.1) is 25.9 Å². The third-order valence-corrected chi connectivity index (χ3v) is 8.35. The zero-order valence-electron chi connectivity index (χ0n) is 19.8. The Morgan fingerprint density at radius 2 is 2.14 bits per heavy atom. The molecule has 5 rings (SSSR count). The number of amides is 1. The van der Waals surface area contributed by atoms with Gasteiger partial charge in [-0.2, -0.15) is 0 Å². The van der Waals surface area contributed by atoms with Crippen LogP contribution in [0.2, 0.25) is 0 Å². The van der Waals surface area contributed by atoms with Crippen LogP contribution in [-0.2, 0) is 26.4 Å². The molecule has 0 bridgehead atoms. The van der Waals surface area contributed by atoms with Crippen molar-refractivity contribution in [2.75, 3.05) is 19.0 Å². The van der Waals surface area contributed by atoms with Crippen molar-refractivity contribution < 1.29 is 18.7 Å². The molecule has 1 amide bonds. The third-order valence-electron chi connectivity index (χ3n) is 6.82. The first-order valence-electron chi connectivity index (χ1n) is 12.1. The van der Waals surface area contributed by atoms with Crippen LogP contribution in [0.25, 0.3) is 0 Å². The number of nitrogens with zero attached hydrogens (tertiary/aromatic N) is 1. The van der Waals surface area contributed by atoms with Crippen molar-refractivity contribution in [3.8, 4) is 0 Å². The molecule has 1 saturated heterocycles. The number of carbonyl (C=O) groups is 1. The maximum absolute atomic E-state index is 15.2. The van der Waals surface area contributed by atoms with E-state index in [2.05, 4.69) is 21.2 Å². The highest BCUT2D eigenvalue weighted by Crippen LogP contribution is 2.47. The van der Waals surface area contributed by atoms with Gasteiger partial charge >= 0.3 is 0 Å². The van der Waals surface area contributed by atoms with Crippen LogP contribution >= 0.6 is 27.7 Å². The average molecular weight is 572 g/mol. The van der Waals surface area contributed by atoms with Crippen LogP contribution in [0.5, 0.6) is 0 Å². The van der Waals surface area contributed by atoms with Gasteiger partial charge < -0.3 is 14.8 Å². The number of carbonyl (C=O) groups excluding carboxylic acids is 1. The summed E-state index contributed by atoms with van der Waals surface area (Å²) in [7, 11) is 0. The summed E-state index contributed by atoms with van der Waals surface area (Å²) in [6.07, 6.45) is 7.90. The first-order chi connectivity index (χ1) is 17.5. The summed E-state index contributed by atoms with van der Waals surface area (Å²) >= 11 is 5.00. The molecule has 0 spiro atoms. The normalized spacial score (nSPS) is 25.5. The molecule has 3 unspecified atom stereocenters. The van der Waals surface area contributed by atoms with E-state index in [0.29, 0.717) is 42.5 Å². The Hall–Kier alpha value is -2.26. The van der Waals surface area contributed by atoms with Gasteiger partial charge in [-0.1, -0.05) is 76.3 Å². The highest BCUT2D eigenvalue weighted by molar-refractivity contribution is 9.10. The van der Waals surface area contributed by atoms with E-state index in [4.69, 9.17) is 14.5 Å². The Bertz CT molecular complexity index is 1200. The van der Waals surface area contributed by atoms with Gasteiger partial charge in [0.15, 0.2) is 5.17 Å². The zero-order chi connectivity index (χ0) is 25.0. The molecular weight excluding hydrogens is 543 g/mol. The first kappa shape index (κ1) is 25.4. The Labute approximate surface area is 223 Å². The molecule has 5 nitrogen and oxygen atoms in total. The number of allylic oxidation sites excluding steroid dienone is 3. The van der Waals surface area contributed by atoms with E-state index in [1.165, 1.54) is 17.8 Å². The second kappa shape index (κ2) is 11.4. The molecule has 1 N–H and O–H groups in total. The summed E-state index contributed by atoms with van der Waals surface area (Å²) in [5, 5.41) is 3.48. The SMILES string of the molecule is O=C(NC1=NC2(c3cc(Br)ccc3F)COC(COCc3ccccc3)CC2CS1)C1=CC=CCC1. The lowest BCUT2D eigenvalue weighted by atomic mass is 9.75. The zero-order valence-corrected chi connectivity index (χ0v) is 22.2. The van der Waals surface area contributed by atoms with E-state index in [0.717, 1.165) is 22.0 Å². The van der Waals surface area contributed by atoms with Crippen LogP contribution in [0, 0.1) is 11.7 Å². The third kappa shape index (κ3) is 5.67. The van der Waals surface area contributed by atoms with Gasteiger partial charge in [-0.25, -0.2) is 9.38 Å². The second-order valence-corrected chi connectivity index (χ2v) is 11.2. The fourth-order valence-electron chi connectivity index (χ4n) is 4.88. The number of aliphatic imine (C=N–C) groups is 1. The molecule has 0 aromatic heterocycles. The van der Waals surface area contributed by atoms with E-state index >= 15 is 4.39 Å². The first-order valence-corrected chi connectivity index (χ1v) is 13.9. The van der Waals surface area contributed by atoms with Crippen molar-refractivity contribution in [1.29, 1.82) is 0 Å². The predicted octanol–water partition coefficient (Wildman–Crippen LogP) is 5.90. The number of hydrogen-bond donors (Lipinski definition) is 1. The Morgan fingerprint density at radius 3 is 2.94 bits per heavy atom. The molecule has 36 heavy (non-hydrogen) atoms. The lowest BCUT2D eigenvalue weighted by Crippen LogP contribution is -2.52. The van der Waals surface area contributed by atoms with E-state index in [1.54, 1.807) is 12.1 Å². The van der Waals surface area contributed by atoms with Crippen molar-refractivity contribution in [1.82, 2.24) is 5.32 Å². The highest BCUT2D eigenvalue weighted by Gasteiger charge is 2.50. The molecule has 188 valence electrons. The molecule has 8 heteroatoms. The fourth-order valence-corrected chi connectivity index (χ4v) is 6.41. The molecule has 2 heterocycles. The number of hydrogen-bond acceptors (Lipinski definition) is 5. The molecule has 1 fully saturated rings. The van der Waals surface area contributed by atoms with Gasteiger partial charge in [0.2, 0.25) is 0 Å². The topological polar surface area (TPSA) is 59.9 Å². The van der Waals surface area contributed by atoms with Crippen molar-refractivity contribution in [2.24, 2.45) is 10.9 Å². The van der Waals surface area contributed by atoms with Crippen LogP contribution in [-0.4, -0.2) is 36.1 Å². The van der Waals surface area contributed by atoms with Gasteiger partial charge in [0.1, 0.15) is 11.4 Å². The summed E-state index contributed by atoms with van der Waals surface area (Å²) < 4.78 is 28.2. The van der Waals surface area contributed by atoms with Crippen molar-refractivity contribution in [2.45, 2.75) is 37.5 Å². The average Bonchev–Trinajstić information content (AvgIpc) is 2.91. The van der Waals surface area contributed by atoms with Crippen LogP contribution in [0.4, 0.5) is 4.39 Å². The van der Waals surface area contributed by atoms with Crippen molar-refractivity contribution >= 4 is 38.8 Å². The Balaban J connectivity index is 1.35. The molecule has 2 aromatic carbocycles. The monoisotopic (exact) mass is 570 g/mol. The highest BCUT2D eigenvalue weighted by atomic mass is 79.9. The van der Waals surface area contributed by atoms with E-state index in [-0.39, 0.29) is 30.4 Å². The maximum atomic E-state index is 15.2. The van der Waals surface area contributed by atoms with Crippen LogP contribution < -0.4 is 5.32 Å². The predicted molar refractivity (Wildman–Crippen MR) is 144 cm³/mol. The minimum absolute atomic E-state index is 0.0304. The number of nitrogens with one attached hydrogen (secondary N) is 1. The number of ether oxygens (including phenoxy) is 2. The summed E-state index contributed by atoms with van der Waals surface area (Å²) in [4.78, 5) is 17.8. The number of halogens is 2. The molecule has 2 aromatic rings. The van der Waals surface area contributed by atoms with Crippen LogP contribution in [0.1, 0.15) is 30.4 Å². The van der Waals surface area contributed by atoms with Gasteiger partial charge in [-0.15, -0.1) is 0 Å². The molecule has 0 radical (unpaired) electrons. The quantitative estimate of drug-likeness (QED) is 0.469. The maximum Gasteiger partial charge on any atom is 0.253 e. The molecular formula is C28H28BrFN2O3S. The minimum atomic E-state index is -0.918. The minimum Gasteiger partial charge on any atom is -0.374 e. The molecule has 0 saturated carbocycles. The van der Waals surface area contributed by atoms with Crippen LogP contribution in [0.3, 0.4) is 0 Å². The van der Waals surface area contributed by atoms with Crippen molar-refractivity contribution in [3.05, 3.63) is 93.7 Å². The lowest BCUT2D eigenvalue weighted by molar-refractivity contribution is -0.116. The van der Waals surface area contributed by atoms with Crippen molar-refractivity contribution in [3.63, 3.8) is 0 Å². The summed E-state index contributed by atoms with van der Waals surface area (Å²) in [5.41, 5.74) is 1.40. The number of benzene rings is 2. The van der Waals surface area contributed by atoms with Crippen LogP contribution in [0.15, 0.2) is 81.8 Å².